The van der Waals surface area contributed by atoms with Crippen molar-refractivity contribution in [3.8, 4) is 0 Å². The van der Waals surface area contributed by atoms with Gasteiger partial charge in [-0.2, -0.15) is 5.10 Å². The Hall–Kier alpha value is -1.75. The van der Waals surface area contributed by atoms with Gasteiger partial charge < -0.3 is 5.32 Å². The summed E-state index contributed by atoms with van der Waals surface area (Å²) in [4.78, 5) is 0. The quantitative estimate of drug-likeness (QED) is 0.887. The standard InChI is InChI=1S/C16H21F2N3/c1-11(2)21-5-4-15(20-21)10-16(19-3)8-12-6-13(17)9-14(18)7-12/h4-7,9,11,16,19H,8,10H2,1-3H3. The smallest absolute Gasteiger partial charge is 0.126 e. The fraction of sp³-hybridized carbons (Fsp3) is 0.438. The van der Waals surface area contributed by atoms with Gasteiger partial charge in [-0.1, -0.05) is 0 Å². The Balaban J connectivity index is 2.05. The summed E-state index contributed by atoms with van der Waals surface area (Å²) < 4.78 is 28.4. The fourth-order valence-electron chi connectivity index (χ4n) is 2.32. The molecule has 0 amide bonds. The van der Waals surface area contributed by atoms with E-state index in [2.05, 4.69) is 24.3 Å². The number of hydrogen-bond acceptors (Lipinski definition) is 2. The third kappa shape index (κ3) is 4.36. The Morgan fingerprint density at radius 3 is 2.33 bits per heavy atom. The first-order valence-corrected chi connectivity index (χ1v) is 7.14. The van der Waals surface area contributed by atoms with E-state index >= 15 is 0 Å². The number of rotatable bonds is 6. The normalized spacial score (nSPS) is 12.9. The monoisotopic (exact) mass is 293 g/mol. The maximum atomic E-state index is 13.2. The lowest BCUT2D eigenvalue weighted by molar-refractivity contribution is 0.506. The molecule has 0 saturated heterocycles. The third-order valence-electron chi connectivity index (χ3n) is 3.46. The summed E-state index contributed by atoms with van der Waals surface area (Å²) in [7, 11) is 1.85. The van der Waals surface area contributed by atoms with Crippen molar-refractivity contribution < 1.29 is 8.78 Å². The molecule has 1 aromatic heterocycles. The number of benzene rings is 1. The van der Waals surface area contributed by atoms with E-state index in [1.165, 1.54) is 12.1 Å². The fourth-order valence-corrected chi connectivity index (χ4v) is 2.32. The van der Waals surface area contributed by atoms with Crippen molar-refractivity contribution in [2.24, 2.45) is 0 Å². The zero-order valence-electron chi connectivity index (χ0n) is 12.6. The lowest BCUT2D eigenvalue weighted by atomic mass is 10.0. The molecule has 0 radical (unpaired) electrons. The summed E-state index contributed by atoms with van der Waals surface area (Å²) in [5.74, 6) is -1.08. The zero-order valence-corrected chi connectivity index (χ0v) is 12.6. The molecule has 1 N–H and O–H groups in total. The van der Waals surface area contributed by atoms with Crippen molar-refractivity contribution in [2.75, 3.05) is 7.05 Å². The van der Waals surface area contributed by atoms with Crippen molar-refractivity contribution in [1.82, 2.24) is 15.1 Å². The molecule has 2 aromatic rings. The van der Waals surface area contributed by atoms with Gasteiger partial charge in [-0.25, -0.2) is 8.78 Å². The second kappa shape index (κ2) is 6.80. The van der Waals surface area contributed by atoms with Crippen LogP contribution in [-0.2, 0) is 12.8 Å². The largest absolute Gasteiger partial charge is 0.316 e. The summed E-state index contributed by atoms with van der Waals surface area (Å²) in [6.45, 7) is 4.14. The van der Waals surface area contributed by atoms with E-state index in [9.17, 15) is 8.78 Å². The highest BCUT2D eigenvalue weighted by atomic mass is 19.1. The minimum atomic E-state index is -0.538. The van der Waals surface area contributed by atoms with Gasteiger partial charge in [0.25, 0.3) is 0 Å². The molecule has 1 aromatic carbocycles. The highest BCUT2D eigenvalue weighted by molar-refractivity contribution is 5.19. The molecule has 0 saturated carbocycles. The molecule has 0 fully saturated rings. The minimum absolute atomic E-state index is 0.0849. The highest BCUT2D eigenvalue weighted by Gasteiger charge is 2.12. The van der Waals surface area contributed by atoms with Crippen LogP contribution in [0.15, 0.2) is 30.5 Å². The number of aromatic nitrogens is 2. The molecule has 0 bridgehead atoms. The van der Waals surface area contributed by atoms with E-state index in [0.29, 0.717) is 24.4 Å². The average molecular weight is 293 g/mol. The third-order valence-corrected chi connectivity index (χ3v) is 3.46. The number of hydrogen-bond donors (Lipinski definition) is 1. The van der Waals surface area contributed by atoms with Gasteiger partial charge in [0.05, 0.1) is 5.69 Å². The van der Waals surface area contributed by atoms with Crippen LogP contribution in [0.3, 0.4) is 0 Å². The molecule has 0 spiro atoms. The summed E-state index contributed by atoms with van der Waals surface area (Å²) in [6.07, 6.45) is 3.22. The number of nitrogens with zero attached hydrogens (tertiary/aromatic N) is 2. The molecule has 21 heavy (non-hydrogen) atoms. The second-order valence-corrected chi connectivity index (χ2v) is 5.55. The van der Waals surface area contributed by atoms with Crippen molar-refractivity contribution in [1.29, 1.82) is 0 Å². The first kappa shape index (κ1) is 15.6. The van der Waals surface area contributed by atoms with Crippen molar-refractivity contribution in [3.63, 3.8) is 0 Å². The molecule has 0 aliphatic heterocycles. The Labute approximate surface area is 124 Å². The Bertz CT molecular complexity index is 573. The van der Waals surface area contributed by atoms with Crippen LogP contribution in [-0.4, -0.2) is 22.9 Å². The van der Waals surface area contributed by atoms with Gasteiger partial charge in [0, 0.05) is 30.8 Å². The molecule has 114 valence electrons. The molecule has 3 nitrogen and oxygen atoms in total. The van der Waals surface area contributed by atoms with E-state index in [1.54, 1.807) is 0 Å². The first-order chi connectivity index (χ1) is 9.97. The van der Waals surface area contributed by atoms with Crippen molar-refractivity contribution in [2.45, 2.75) is 38.8 Å². The van der Waals surface area contributed by atoms with E-state index in [0.717, 1.165) is 11.8 Å². The summed E-state index contributed by atoms with van der Waals surface area (Å²) in [5, 5.41) is 7.69. The number of halogens is 2. The van der Waals surface area contributed by atoms with Gasteiger partial charge in [-0.3, -0.25) is 4.68 Å². The lowest BCUT2D eigenvalue weighted by Crippen LogP contribution is -2.30. The van der Waals surface area contributed by atoms with E-state index in [4.69, 9.17) is 0 Å². The van der Waals surface area contributed by atoms with Crippen molar-refractivity contribution >= 4 is 0 Å². The van der Waals surface area contributed by atoms with Gasteiger partial charge in [0.1, 0.15) is 11.6 Å². The Morgan fingerprint density at radius 1 is 1.14 bits per heavy atom. The van der Waals surface area contributed by atoms with Gasteiger partial charge >= 0.3 is 0 Å². The van der Waals surface area contributed by atoms with Crippen LogP contribution in [0.1, 0.15) is 31.1 Å². The molecule has 1 heterocycles. The topological polar surface area (TPSA) is 29.9 Å². The van der Waals surface area contributed by atoms with Gasteiger partial charge in [-0.05, 0) is 51.1 Å². The molecule has 0 aliphatic carbocycles. The predicted molar refractivity (Wildman–Crippen MR) is 79.2 cm³/mol. The molecule has 1 atom stereocenters. The molecule has 2 rings (SSSR count). The van der Waals surface area contributed by atoms with Crippen LogP contribution in [0.4, 0.5) is 8.78 Å². The maximum absolute atomic E-state index is 13.2. The second-order valence-electron chi connectivity index (χ2n) is 5.55. The molecule has 0 aliphatic rings. The van der Waals surface area contributed by atoms with E-state index in [1.807, 2.05) is 24.0 Å². The van der Waals surface area contributed by atoms with Crippen LogP contribution < -0.4 is 5.32 Å². The van der Waals surface area contributed by atoms with Gasteiger partial charge in [0.15, 0.2) is 0 Å². The predicted octanol–water partition coefficient (Wildman–Crippen LogP) is 3.12. The SMILES string of the molecule is CNC(Cc1cc(F)cc(F)c1)Cc1ccn(C(C)C)n1. The van der Waals surface area contributed by atoms with Gasteiger partial charge in [-0.15, -0.1) is 0 Å². The van der Waals surface area contributed by atoms with Crippen LogP contribution in [0, 0.1) is 11.6 Å². The number of nitrogens with one attached hydrogen (secondary N) is 1. The van der Waals surface area contributed by atoms with Crippen LogP contribution in [0.5, 0.6) is 0 Å². The highest BCUT2D eigenvalue weighted by Crippen LogP contribution is 2.13. The van der Waals surface area contributed by atoms with E-state index < -0.39 is 11.6 Å². The molecular weight excluding hydrogens is 272 g/mol. The first-order valence-electron chi connectivity index (χ1n) is 7.14. The van der Waals surface area contributed by atoms with Crippen molar-refractivity contribution in [3.05, 3.63) is 53.4 Å². The van der Waals surface area contributed by atoms with Crippen LogP contribution in [0.2, 0.25) is 0 Å². The summed E-state index contributed by atoms with van der Waals surface area (Å²) in [6, 6.07) is 6.03. The van der Waals surface area contributed by atoms with Gasteiger partial charge in [0.2, 0.25) is 0 Å². The minimum Gasteiger partial charge on any atom is -0.316 e. The maximum Gasteiger partial charge on any atom is 0.126 e. The molecule has 5 heteroatoms. The average Bonchev–Trinajstić information content (AvgIpc) is 2.85. The van der Waals surface area contributed by atoms with Crippen LogP contribution >= 0.6 is 0 Å². The number of likely N-dealkylation sites (N-methyl/N-ethyl adjacent to an activating group) is 1. The van der Waals surface area contributed by atoms with Crippen LogP contribution in [0.25, 0.3) is 0 Å². The lowest BCUT2D eigenvalue weighted by Gasteiger charge is -2.15. The Morgan fingerprint density at radius 2 is 1.81 bits per heavy atom. The zero-order chi connectivity index (χ0) is 15.4. The molecular formula is C16H21F2N3. The summed E-state index contributed by atoms with van der Waals surface area (Å²) >= 11 is 0. The molecule has 1 unspecified atom stereocenters. The Kier molecular flexibility index (Phi) is 5.07. The van der Waals surface area contributed by atoms with E-state index in [-0.39, 0.29) is 6.04 Å². The summed E-state index contributed by atoms with van der Waals surface area (Å²) in [5.41, 5.74) is 1.62.